The van der Waals surface area contributed by atoms with Gasteiger partial charge in [-0.05, 0) is 53.9 Å². The summed E-state index contributed by atoms with van der Waals surface area (Å²) in [6.07, 6.45) is 0.548. The molecule has 0 saturated carbocycles. The Morgan fingerprint density at radius 3 is 2.51 bits per heavy atom. The smallest absolute Gasteiger partial charge is 0.290 e. The van der Waals surface area contributed by atoms with Crippen molar-refractivity contribution in [2.75, 3.05) is 13.7 Å². The number of fused-ring (bicyclic) bond motifs is 1. The molecule has 0 aliphatic carbocycles. The largest absolute Gasteiger partial charge is 0.503 e. The van der Waals surface area contributed by atoms with E-state index in [2.05, 4.69) is 15.9 Å². The van der Waals surface area contributed by atoms with Crippen LogP contribution in [0.15, 0.2) is 99.1 Å². The van der Waals surface area contributed by atoms with Gasteiger partial charge in [0.1, 0.15) is 11.3 Å². The van der Waals surface area contributed by atoms with E-state index in [0.29, 0.717) is 18.5 Å². The Morgan fingerprint density at radius 2 is 1.80 bits per heavy atom. The van der Waals surface area contributed by atoms with E-state index in [9.17, 15) is 14.7 Å². The summed E-state index contributed by atoms with van der Waals surface area (Å²) >= 11 is 3.42. The molecule has 0 saturated heterocycles. The van der Waals surface area contributed by atoms with Gasteiger partial charge in [0.2, 0.25) is 5.78 Å². The number of amides is 1. The van der Waals surface area contributed by atoms with E-state index in [-0.39, 0.29) is 11.3 Å². The maximum Gasteiger partial charge on any atom is 0.290 e. The lowest BCUT2D eigenvalue weighted by Gasteiger charge is -2.26. The van der Waals surface area contributed by atoms with Crippen LogP contribution in [-0.4, -0.2) is 35.4 Å². The maximum atomic E-state index is 13.6. The molecule has 1 aromatic heterocycles. The minimum atomic E-state index is -0.727. The van der Waals surface area contributed by atoms with Gasteiger partial charge in [-0.25, -0.2) is 0 Å². The molecule has 4 aromatic rings. The molecule has 1 N–H and O–H groups in total. The number of methoxy groups -OCH3 is 1. The van der Waals surface area contributed by atoms with Gasteiger partial charge >= 0.3 is 0 Å². The van der Waals surface area contributed by atoms with E-state index >= 15 is 0 Å². The summed E-state index contributed by atoms with van der Waals surface area (Å²) in [5, 5.41) is 11.6. The number of aliphatic hydroxyl groups is 1. The fourth-order valence-electron chi connectivity index (χ4n) is 4.40. The number of ether oxygens (including phenoxy) is 1. The molecule has 3 aromatic carbocycles. The first-order valence-electron chi connectivity index (χ1n) is 11.1. The molecule has 0 fully saturated rings. The highest BCUT2D eigenvalue weighted by Crippen LogP contribution is 2.39. The molecular formula is C28H22BrNO5. The van der Waals surface area contributed by atoms with Crippen LogP contribution in [-0.2, 0) is 11.2 Å². The second kappa shape index (κ2) is 9.43. The monoisotopic (exact) mass is 531 g/mol. The van der Waals surface area contributed by atoms with Gasteiger partial charge in [-0.3, -0.25) is 9.59 Å². The number of benzene rings is 3. The predicted octanol–water partition coefficient (Wildman–Crippen LogP) is 6.02. The molecule has 1 aliphatic rings. The number of rotatable bonds is 7. The molecule has 0 radical (unpaired) electrons. The van der Waals surface area contributed by atoms with Gasteiger partial charge in [-0.2, -0.15) is 0 Å². The molecule has 1 amide bonds. The minimum Gasteiger partial charge on any atom is -0.503 e. The highest BCUT2D eigenvalue weighted by Gasteiger charge is 2.44. The molecule has 2 heterocycles. The summed E-state index contributed by atoms with van der Waals surface area (Å²) in [6.45, 7) is 0.318. The van der Waals surface area contributed by atoms with Crippen LogP contribution >= 0.6 is 15.9 Å². The lowest BCUT2D eigenvalue weighted by Crippen LogP contribution is -2.33. The molecule has 0 bridgehead atoms. The van der Waals surface area contributed by atoms with Crippen molar-refractivity contribution in [2.45, 2.75) is 12.5 Å². The minimum absolute atomic E-state index is 0.0223. The zero-order valence-electron chi connectivity index (χ0n) is 18.9. The van der Waals surface area contributed by atoms with Crippen LogP contribution in [0, 0.1) is 0 Å². The lowest BCUT2D eigenvalue weighted by molar-refractivity contribution is -0.129. The van der Waals surface area contributed by atoms with Crippen LogP contribution in [0.1, 0.15) is 27.7 Å². The number of hydrogen-bond donors (Lipinski definition) is 1. The molecule has 1 unspecified atom stereocenters. The van der Waals surface area contributed by atoms with Crippen molar-refractivity contribution in [1.29, 1.82) is 0 Å². The van der Waals surface area contributed by atoms with E-state index in [1.807, 2.05) is 66.7 Å². The number of aliphatic hydroxyl groups excluding tert-OH is 1. The Kier molecular flexibility index (Phi) is 6.17. The second-order valence-corrected chi connectivity index (χ2v) is 9.21. The average molecular weight is 532 g/mol. The Balaban J connectivity index is 1.49. The first kappa shape index (κ1) is 22.9. The summed E-state index contributed by atoms with van der Waals surface area (Å²) < 4.78 is 11.9. The van der Waals surface area contributed by atoms with Crippen molar-refractivity contribution in [3.63, 3.8) is 0 Å². The fraction of sp³-hybridized carbons (Fsp3) is 0.143. The molecule has 176 valence electrons. The summed E-state index contributed by atoms with van der Waals surface area (Å²) in [5.41, 5.74) is 2.32. The van der Waals surface area contributed by atoms with Crippen molar-refractivity contribution in [3.8, 4) is 5.75 Å². The van der Waals surface area contributed by atoms with E-state index < -0.39 is 23.5 Å². The summed E-state index contributed by atoms with van der Waals surface area (Å²) in [7, 11) is 1.61. The third-order valence-corrected chi connectivity index (χ3v) is 6.66. The fourth-order valence-corrected chi connectivity index (χ4v) is 4.78. The van der Waals surface area contributed by atoms with Gasteiger partial charge in [0, 0.05) is 16.4 Å². The SMILES string of the molecule is COc1ccc(CCN2C(=O)C(O)=C(C(=O)c3cc4cc(Br)ccc4o3)C2c2ccccc2)cc1. The molecule has 1 aliphatic heterocycles. The molecular weight excluding hydrogens is 510 g/mol. The van der Waals surface area contributed by atoms with Crippen LogP contribution in [0.25, 0.3) is 11.0 Å². The van der Waals surface area contributed by atoms with Crippen molar-refractivity contribution >= 4 is 38.6 Å². The van der Waals surface area contributed by atoms with E-state index in [1.54, 1.807) is 24.1 Å². The first-order chi connectivity index (χ1) is 17.0. The Morgan fingerprint density at radius 1 is 1.06 bits per heavy atom. The molecule has 35 heavy (non-hydrogen) atoms. The van der Waals surface area contributed by atoms with Gasteiger partial charge in [0.25, 0.3) is 5.91 Å². The third-order valence-electron chi connectivity index (χ3n) is 6.17. The zero-order valence-corrected chi connectivity index (χ0v) is 20.5. The summed E-state index contributed by atoms with van der Waals surface area (Å²) in [4.78, 5) is 28.3. The quantitative estimate of drug-likeness (QED) is 0.294. The topological polar surface area (TPSA) is 80.0 Å². The maximum absolute atomic E-state index is 13.6. The summed E-state index contributed by atoms with van der Waals surface area (Å²) in [5.74, 6) is -0.803. The number of Topliss-reactive ketones (excluding diaryl/α,β-unsaturated/α-hetero) is 1. The zero-order chi connectivity index (χ0) is 24.5. The van der Waals surface area contributed by atoms with Crippen LogP contribution in [0.3, 0.4) is 0 Å². The number of carbonyl (C=O) groups excluding carboxylic acids is 2. The normalized spacial score (nSPS) is 15.8. The van der Waals surface area contributed by atoms with Crippen LogP contribution < -0.4 is 4.74 Å². The number of furan rings is 1. The van der Waals surface area contributed by atoms with E-state index in [4.69, 9.17) is 9.15 Å². The molecule has 5 rings (SSSR count). The van der Waals surface area contributed by atoms with Crippen molar-refractivity contribution in [3.05, 3.63) is 112 Å². The lowest BCUT2D eigenvalue weighted by atomic mass is 9.95. The summed E-state index contributed by atoms with van der Waals surface area (Å²) in [6, 6.07) is 23.2. The second-order valence-electron chi connectivity index (χ2n) is 8.29. The number of ketones is 1. The standard InChI is InChI=1S/C28H22BrNO5/c1-34-21-10-7-17(8-11-21)13-14-30-25(18-5-3-2-4-6-18)24(27(32)28(30)33)26(31)23-16-19-15-20(29)9-12-22(19)35-23/h2-12,15-16,25,32H,13-14H2,1H3. The van der Waals surface area contributed by atoms with Gasteiger partial charge in [-0.1, -0.05) is 58.4 Å². The van der Waals surface area contributed by atoms with Gasteiger partial charge < -0.3 is 19.2 Å². The van der Waals surface area contributed by atoms with Crippen molar-refractivity contribution < 1.29 is 23.8 Å². The number of carbonyl (C=O) groups is 2. The van der Waals surface area contributed by atoms with Gasteiger partial charge in [0.05, 0.1) is 18.7 Å². The number of nitrogens with zero attached hydrogens (tertiary/aromatic N) is 1. The Bertz CT molecular complexity index is 1440. The highest BCUT2D eigenvalue weighted by molar-refractivity contribution is 9.10. The highest BCUT2D eigenvalue weighted by atomic mass is 79.9. The Hall–Kier alpha value is -3.84. The molecule has 1 atom stereocenters. The van der Waals surface area contributed by atoms with Gasteiger partial charge in [-0.15, -0.1) is 0 Å². The van der Waals surface area contributed by atoms with Crippen LogP contribution in [0.2, 0.25) is 0 Å². The average Bonchev–Trinajstić information content (AvgIpc) is 3.41. The van der Waals surface area contributed by atoms with E-state index in [1.165, 1.54) is 0 Å². The Labute approximate surface area is 210 Å². The predicted molar refractivity (Wildman–Crippen MR) is 135 cm³/mol. The third kappa shape index (κ3) is 4.35. The van der Waals surface area contributed by atoms with Crippen molar-refractivity contribution in [1.82, 2.24) is 4.90 Å². The molecule has 7 heteroatoms. The first-order valence-corrected chi connectivity index (χ1v) is 11.9. The van der Waals surface area contributed by atoms with Crippen LogP contribution in [0.4, 0.5) is 0 Å². The van der Waals surface area contributed by atoms with Gasteiger partial charge in [0.15, 0.2) is 11.5 Å². The molecule has 6 nitrogen and oxygen atoms in total. The number of hydrogen-bond acceptors (Lipinski definition) is 5. The van der Waals surface area contributed by atoms with Crippen LogP contribution in [0.5, 0.6) is 5.75 Å². The van der Waals surface area contributed by atoms with Crippen molar-refractivity contribution in [2.24, 2.45) is 0 Å². The molecule has 0 spiro atoms. The van der Waals surface area contributed by atoms with E-state index in [0.717, 1.165) is 26.7 Å². The number of halogens is 1.